The molecule has 0 saturated heterocycles. The van der Waals surface area contributed by atoms with Crippen molar-refractivity contribution < 1.29 is 18.0 Å². The molecule has 0 saturated carbocycles. The van der Waals surface area contributed by atoms with Crippen molar-refractivity contribution in [2.24, 2.45) is 0 Å². The topological polar surface area (TPSA) is 104 Å². The summed E-state index contributed by atoms with van der Waals surface area (Å²) in [5.74, 6) is -0.516. The molecule has 0 aliphatic rings. The first-order valence-electron chi connectivity index (χ1n) is 8.00. The smallest absolute Gasteiger partial charge is 0.251 e. The highest BCUT2D eigenvalue weighted by molar-refractivity contribution is 7.89. The van der Waals surface area contributed by atoms with Gasteiger partial charge in [-0.1, -0.05) is 12.1 Å². The maximum absolute atomic E-state index is 12.2. The fraction of sp³-hybridized carbons (Fsp3) is 0.222. The van der Waals surface area contributed by atoms with E-state index in [0.29, 0.717) is 11.3 Å². The summed E-state index contributed by atoms with van der Waals surface area (Å²) in [5, 5.41) is 5.25. The lowest BCUT2D eigenvalue weighted by Crippen LogP contribution is -2.34. The molecule has 2 aromatic rings. The van der Waals surface area contributed by atoms with Crippen molar-refractivity contribution in [2.45, 2.75) is 18.7 Å². The summed E-state index contributed by atoms with van der Waals surface area (Å²) >= 11 is 0. The molecule has 0 aromatic heterocycles. The van der Waals surface area contributed by atoms with Crippen molar-refractivity contribution in [3.05, 3.63) is 59.7 Å². The summed E-state index contributed by atoms with van der Waals surface area (Å²) < 4.78 is 26.8. The first-order chi connectivity index (χ1) is 12.3. The number of carbonyl (C=O) groups is 2. The van der Waals surface area contributed by atoms with Crippen LogP contribution in [-0.4, -0.2) is 33.3 Å². The summed E-state index contributed by atoms with van der Waals surface area (Å²) in [6, 6.07) is 13.0. The Hall–Kier alpha value is -2.71. The van der Waals surface area contributed by atoms with Gasteiger partial charge in [0.1, 0.15) is 0 Å². The lowest BCUT2D eigenvalue weighted by atomic mass is 10.2. The number of rotatable bonds is 7. The van der Waals surface area contributed by atoms with Crippen LogP contribution in [0, 0.1) is 6.92 Å². The average Bonchev–Trinajstić information content (AvgIpc) is 2.58. The number of nitrogens with one attached hydrogen (secondary N) is 3. The maximum atomic E-state index is 12.2. The Bertz CT molecular complexity index is 893. The van der Waals surface area contributed by atoms with Crippen LogP contribution in [0.15, 0.2) is 53.4 Å². The van der Waals surface area contributed by atoms with E-state index in [0.717, 1.165) is 5.56 Å². The summed E-state index contributed by atoms with van der Waals surface area (Å²) in [6.45, 7) is 3.44. The molecule has 7 nitrogen and oxygen atoms in total. The van der Waals surface area contributed by atoms with Crippen molar-refractivity contribution in [2.75, 3.05) is 18.4 Å². The third kappa shape index (κ3) is 5.68. The van der Waals surface area contributed by atoms with Crippen LogP contribution in [0.3, 0.4) is 0 Å². The molecule has 0 aliphatic carbocycles. The molecular weight excluding hydrogens is 354 g/mol. The van der Waals surface area contributed by atoms with Crippen molar-refractivity contribution in [1.29, 1.82) is 0 Å². The molecule has 0 unspecified atom stereocenters. The molecule has 0 radical (unpaired) electrons. The second-order valence-corrected chi connectivity index (χ2v) is 7.50. The molecule has 8 heteroatoms. The molecule has 0 heterocycles. The number of anilines is 1. The standard InChI is InChI=1S/C18H21N3O4S/c1-13-4-3-5-17(12-13)26(24,25)20-11-10-19-18(23)15-6-8-16(9-7-15)21-14(2)22/h3-9,12,20H,10-11H2,1-2H3,(H,19,23)(H,21,22). The Kier molecular flexibility index (Phi) is 6.48. The zero-order chi connectivity index (χ0) is 19.2. The van der Waals surface area contributed by atoms with Crippen LogP contribution in [0.2, 0.25) is 0 Å². The van der Waals surface area contributed by atoms with E-state index in [9.17, 15) is 18.0 Å². The molecule has 0 aliphatic heterocycles. The minimum Gasteiger partial charge on any atom is -0.351 e. The van der Waals surface area contributed by atoms with Gasteiger partial charge in [-0.15, -0.1) is 0 Å². The average molecular weight is 375 g/mol. The van der Waals surface area contributed by atoms with Gasteiger partial charge in [0, 0.05) is 31.3 Å². The van der Waals surface area contributed by atoms with Crippen LogP contribution in [0.5, 0.6) is 0 Å². The normalized spacial score (nSPS) is 11.0. The number of hydrogen-bond donors (Lipinski definition) is 3. The van der Waals surface area contributed by atoms with Crippen molar-refractivity contribution >= 4 is 27.5 Å². The van der Waals surface area contributed by atoms with E-state index in [2.05, 4.69) is 15.4 Å². The molecule has 2 aromatic carbocycles. The number of hydrogen-bond acceptors (Lipinski definition) is 4. The third-order valence-electron chi connectivity index (χ3n) is 3.47. The highest BCUT2D eigenvalue weighted by Gasteiger charge is 2.13. The van der Waals surface area contributed by atoms with Crippen molar-refractivity contribution in [3.63, 3.8) is 0 Å². The minimum absolute atomic E-state index is 0.0754. The molecule has 3 N–H and O–H groups in total. The van der Waals surface area contributed by atoms with E-state index in [1.807, 2.05) is 13.0 Å². The van der Waals surface area contributed by atoms with Gasteiger partial charge in [-0.3, -0.25) is 9.59 Å². The Morgan fingerprint density at radius 2 is 1.69 bits per heavy atom. The highest BCUT2D eigenvalue weighted by atomic mass is 32.2. The van der Waals surface area contributed by atoms with E-state index >= 15 is 0 Å². The summed E-state index contributed by atoms with van der Waals surface area (Å²) in [5.41, 5.74) is 1.87. The van der Waals surface area contributed by atoms with Crippen LogP contribution < -0.4 is 15.4 Å². The molecule has 26 heavy (non-hydrogen) atoms. The van der Waals surface area contributed by atoms with Gasteiger partial charge in [-0.05, 0) is 48.9 Å². The van der Waals surface area contributed by atoms with Gasteiger partial charge in [0.25, 0.3) is 5.91 Å². The minimum atomic E-state index is -3.60. The van der Waals surface area contributed by atoms with Gasteiger partial charge in [0.15, 0.2) is 0 Å². The van der Waals surface area contributed by atoms with Crippen LogP contribution in [0.25, 0.3) is 0 Å². The molecule has 0 fully saturated rings. The predicted molar refractivity (Wildman–Crippen MR) is 99.4 cm³/mol. The monoisotopic (exact) mass is 375 g/mol. The lowest BCUT2D eigenvalue weighted by molar-refractivity contribution is -0.114. The largest absolute Gasteiger partial charge is 0.351 e. The van der Waals surface area contributed by atoms with Crippen molar-refractivity contribution in [1.82, 2.24) is 10.0 Å². The van der Waals surface area contributed by atoms with Crippen LogP contribution in [-0.2, 0) is 14.8 Å². The Labute approximate surface area is 152 Å². The molecule has 0 bridgehead atoms. The van der Waals surface area contributed by atoms with Crippen LogP contribution >= 0.6 is 0 Å². The second-order valence-electron chi connectivity index (χ2n) is 5.73. The fourth-order valence-corrected chi connectivity index (χ4v) is 3.37. The van der Waals surface area contributed by atoms with Gasteiger partial charge in [0.05, 0.1) is 4.90 Å². The van der Waals surface area contributed by atoms with E-state index in [-0.39, 0.29) is 29.8 Å². The Morgan fingerprint density at radius 1 is 1.00 bits per heavy atom. The molecule has 0 atom stereocenters. The summed E-state index contributed by atoms with van der Waals surface area (Å²) in [4.78, 5) is 23.2. The number of aryl methyl sites for hydroxylation is 1. The fourth-order valence-electron chi connectivity index (χ4n) is 2.24. The first kappa shape index (κ1) is 19.6. The maximum Gasteiger partial charge on any atom is 0.251 e. The zero-order valence-electron chi connectivity index (χ0n) is 14.6. The third-order valence-corrected chi connectivity index (χ3v) is 4.93. The summed E-state index contributed by atoms with van der Waals surface area (Å²) in [6.07, 6.45) is 0. The highest BCUT2D eigenvalue weighted by Crippen LogP contribution is 2.11. The quantitative estimate of drug-likeness (QED) is 0.640. The van der Waals surface area contributed by atoms with E-state index in [4.69, 9.17) is 0 Å². The number of carbonyl (C=O) groups excluding carboxylic acids is 2. The SMILES string of the molecule is CC(=O)Nc1ccc(C(=O)NCCNS(=O)(=O)c2cccc(C)c2)cc1. The zero-order valence-corrected chi connectivity index (χ0v) is 15.4. The second kappa shape index (κ2) is 8.59. The number of benzene rings is 2. The Morgan fingerprint density at radius 3 is 2.31 bits per heavy atom. The molecule has 2 amide bonds. The molecular formula is C18H21N3O4S. The predicted octanol–water partition coefficient (Wildman–Crippen LogP) is 1.66. The van der Waals surface area contributed by atoms with E-state index in [1.54, 1.807) is 36.4 Å². The molecule has 2 rings (SSSR count). The van der Waals surface area contributed by atoms with Crippen LogP contribution in [0.1, 0.15) is 22.8 Å². The lowest BCUT2D eigenvalue weighted by Gasteiger charge is -2.09. The van der Waals surface area contributed by atoms with Crippen LogP contribution in [0.4, 0.5) is 5.69 Å². The molecule has 0 spiro atoms. The van der Waals surface area contributed by atoms with Gasteiger partial charge in [-0.25, -0.2) is 13.1 Å². The van der Waals surface area contributed by atoms with Gasteiger partial charge >= 0.3 is 0 Å². The van der Waals surface area contributed by atoms with E-state index in [1.165, 1.54) is 13.0 Å². The molecule has 138 valence electrons. The van der Waals surface area contributed by atoms with E-state index < -0.39 is 10.0 Å². The van der Waals surface area contributed by atoms with Gasteiger partial charge in [0.2, 0.25) is 15.9 Å². The van der Waals surface area contributed by atoms with Gasteiger partial charge < -0.3 is 10.6 Å². The summed E-state index contributed by atoms with van der Waals surface area (Å²) in [7, 11) is -3.60. The first-order valence-corrected chi connectivity index (χ1v) is 9.48. The Balaban J connectivity index is 1.83. The number of amides is 2. The van der Waals surface area contributed by atoms with Gasteiger partial charge in [-0.2, -0.15) is 0 Å². The van der Waals surface area contributed by atoms with Crippen molar-refractivity contribution in [3.8, 4) is 0 Å². The number of sulfonamides is 1.